The van der Waals surface area contributed by atoms with Crippen molar-refractivity contribution in [2.24, 2.45) is 4.99 Å². The molecule has 2 rings (SSSR count). The highest BCUT2D eigenvalue weighted by molar-refractivity contribution is 14.0. The summed E-state index contributed by atoms with van der Waals surface area (Å²) in [4.78, 5) is 30.1. The first-order valence-corrected chi connectivity index (χ1v) is 10.1. The van der Waals surface area contributed by atoms with Crippen LogP contribution >= 0.6 is 24.0 Å². The summed E-state index contributed by atoms with van der Waals surface area (Å²) in [5.41, 5.74) is 2.50. The molecule has 1 aromatic heterocycles. The monoisotopic (exact) mass is 541 g/mol. The van der Waals surface area contributed by atoms with Crippen molar-refractivity contribution < 1.29 is 14.0 Å². The maximum Gasteiger partial charge on any atom is 0.287 e. The average Bonchev–Trinajstić information content (AvgIpc) is 3.17. The van der Waals surface area contributed by atoms with Crippen LogP contribution in [0.1, 0.15) is 45.4 Å². The maximum absolute atomic E-state index is 12.0. The van der Waals surface area contributed by atoms with Gasteiger partial charge < -0.3 is 25.3 Å². The molecule has 170 valence electrons. The molecule has 1 aromatic carbocycles. The second kappa shape index (κ2) is 13.7. The van der Waals surface area contributed by atoms with Gasteiger partial charge in [-0.25, -0.2) is 4.99 Å². The molecule has 0 spiro atoms. The zero-order valence-corrected chi connectivity index (χ0v) is 20.9. The maximum atomic E-state index is 12.0. The fourth-order valence-electron chi connectivity index (χ4n) is 2.71. The number of nitrogens with one attached hydrogen (secondary N) is 3. The van der Waals surface area contributed by atoms with E-state index in [-0.39, 0.29) is 35.8 Å². The predicted octanol–water partition coefficient (Wildman–Crippen LogP) is 2.78. The molecule has 0 aliphatic rings. The first-order chi connectivity index (χ1) is 14.4. The smallest absolute Gasteiger partial charge is 0.287 e. The van der Waals surface area contributed by atoms with Crippen molar-refractivity contribution in [2.75, 3.05) is 33.7 Å². The van der Waals surface area contributed by atoms with Gasteiger partial charge in [-0.3, -0.25) is 9.59 Å². The molecule has 0 aliphatic heterocycles. The van der Waals surface area contributed by atoms with E-state index in [4.69, 9.17) is 4.42 Å². The fraction of sp³-hybridized carbons (Fsp3) is 0.409. The number of furan rings is 1. The molecule has 0 saturated heterocycles. The highest BCUT2D eigenvalue weighted by Gasteiger charge is 2.11. The summed E-state index contributed by atoms with van der Waals surface area (Å²) in [6.45, 7) is 6.29. The number of benzene rings is 1. The van der Waals surface area contributed by atoms with Crippen molar-refractivity contribution in [3.63, 3.8) is 0 Å². The third-order valence-corrected chi connectivity index (χ3v) is 4.37. The van der Waals surface area contributed by atoms with E-state index in [0.29, 0.717) is 36.9 Å². The van der Waals surface area contributed by atoms with Gasteiger partial charge in [0.05, 0.1) is 12.8 Å². The predicted molar refractivity (Wildman–Crippen MR) is 133 cm³/mol. The fourth-order valence-corrected chi connectivity index (χ4v) is 2.71. The molecule has 2 aromatic rings. The van der Waals surface area contributed by atoms with E-state index in [1.54, 1.807) is 25.1 Å². The van der Waals surface area contributed by atoms with Crippen LogP contribution in [-0.4, -0.2) is 56.4 Å². The number of hydrogen-bond acceptors (Lipinski definition) is 4. The van der Waals surface area contributed by atoms with Crippen LogP contribution in [0.2, 0.25) is 0 Å². The molecular formula is C22H32IN5O3. The largest absolute Gasteiger partial charge is 0.459 e. The quantitative estimate of drug-likeness (QED) is 0.196. The summed E-state index contributed by atoms with van der Waals surface area (Å²) in [7, 11) is 3.47. The van der Waals surface area contributed by atoms with Gasteiger partial charge >= 0.3 is 0 Å². The summed E-state index contributed by atoms with van der Waals surface area (Å²) in [6, 6.07) is 9.23. The number of nitrogens with zero attached hydrogens (tertiary/aromatic N) is 2. The third kappa shape index (κ3) is 8.60. The van der Waals surface area contributed by atoms with Crippen LogP contribution in [0.5, 0.6) is 0 Å². The van der Waals surface area contributed by atoms with Crippen LogP contribution in [0.25, 0.3) is 0 Å². The minimum Gasteiger partial charge on any atom is -0.459 e. The molecule has 0 radical (unpaired) electrons. The van der Waals surface area contributed by atoms with E-state index in [0.717, 1.165) is 24.1 Å². The Morgan fingerprint density at radius 1 is 1.03 bits per heavy atom. The van der Waals surface area contributed by atoms with Gasteiger partial charge in [-0.05, 0) is 44.0 Å². The summed E-state index contributed by atoms with van der Waals surface area (Å²) in [6.07, 6.45) is 2.26. The van der Waals surface area contributed by atoms with E-state index in [2.05, 4.69) is 20.9 Å². The summed E-state index contributed by atoms with van der Waals surface area (Å²) in [5, 5.41) is 9.31. The molecule has 9 heteroatoms. The standard InChI is InChI=1S/C22H31N5O3.HI/c1-5-23-22(25-13-6-12-24-20(28)19-16(2)11-14-30-19)26-15-17-7-9-18(10-8-17)21(29)27(3)4;/h7-11,14H,5-6,12-13,15H2,1-4H3,(H,24,28)(H2,23,25,26);1H. The zero-order chi connectivity index (χ0) is 21.9. The van der Waals surface area contributed by atoms with Gasteiger partial charge in [0.15, 0.2) is 11.7 Å². The number of carbonyl (C=O) groups excluding carboxylic acids is 2. The van der Waals surface area contributed by atoms with Crippen molar-refractivity contribution in [1.82, 2.24) is 20.9 Å². The van der Waals surface area contributed by atoms with Gasteiger partial charge in [-0.1, -0.05) is 12.1 Å². The first-order valence-electron chi connectivity index (χ1n) is 10.1. The number of guanidine groups is 1. The molecule has 3 N–H and O–H groups in total. The molecule has 8 nitrogen and oxygen atoms in total. The SMILES string of the molecule is CCNC(=NCc1ccc(C(=O)N(C)C)cc1)NCCCNC(=O)c1occc1C.I. The lowest BCUT2D eigenvalue weighted by atomic mass is 10.1. The van der Waals surface area contributed by atoms with Crippen LogP contribution in [0.3, 0.4) is 0 Å². The average molecular weight is 541 g/mol. The Labute approximate surface area is 200 Å². The molecule has 0 unspecified atom stereocenters. The number of aliphatic imine (C=N–C) groups is 1. The number of hydrogen-bond donors (Lipinski definition) is 3. The molecule has 1 heterocycles. The van der Waals surface area contributed by atoms with E-state index < -0.39 is 0 Å². The van der Waals surface area contributed by atoms with E-state index in [1.165, 1.54) is 6.26 Å². The Morgan fingerprint density at radius 2 is 1.71 bits per heavy atom. The van der Waals surface area contributed by atoms with Crippen LogP contribution in [0, 0.1) is 6.92 Å². The van der Waals surface area contributed by atoms with Crippen LogP contribution < -0.4 is 16.0 Å². The van der Waals surface area contributed by atoms with Gasteiger partial charge in [-0.15, -0.1) is 24.0 Å². The summed E-state index contributed by atoms with van der Waals surface area (Å²) < 4.78 is 5.18. The Balaban J connectivity index is 0.00000480. The van der Waals surface area contributed by atoms with E-state index >= 15 is 0 Å². The Hall–Kier alpha value is -2.56. The molecule has 0 fully saturated rings. The Bertz CT molecular complexity index is 862. The van der Waals surface area contributed by atoms with Crippen molar-refractivity contribution in [3.8, 4) is 0 Å². The summed E-state index contributed by atoms with van der Waals surface area (Å²) >= 11 is 0. The third-order valence-electron chi connectivity index (χ3n) is 4.37. The zero-order valence-electron chi connectivity index (χ0n) is 18.5. The molecular weight excluding hydrogens is 509 g/mol. The Kier molecular flexibility index (Phi) is 11.7. The van der Waals surface area contributed by atoms with E-state index in [1.807, 2.05) is 38.1 Å². The molecule has 0 bridgehead atoms. The normalized spacial score (nSPS) is 10.8. The number of amides is 2. The number of rotatable bonds is 9. The van der Waals surface area contributed by atoms with Crippen LogP contribution in [0.15, 0.2) is 46.0 Å². The number of halogens is 1. The van der Waals surface area contributed by atoms with Crippen LogP contribution in [0.4, 0.5) is 0 Å². The molecule has 0 aliphatic carbocycles. The van der Waals surface area contributed by atoms with Crippen molar-refractivity contribution in [1.29, 1.82) is 0 Å². The van der Waals surface area contributed by atoms with Crippen molar-refractivity contribution in [2.45, 2.75) is 26.8 Å². The highest BCUT2D eigenvalue weighted by atomic mass is 127. The second-order valence-corrected chi connectivity index (χ2v) is 7.06. The first kappa shape index (κ1) is 26.5. The second-order valence-electron chi connectivity index (χ2n) is 7.06. The topological polar surface area (TPSA) is 99.0 Å². The minimum atomic E-state index is -0.200. The molecule has 31 heavy (non-hydrogen) atoms. The minimum absolute atomic E-state index is 0. The van der Waals surface area contributed by atoms with Gasteiger partial charge in [0.25, 0.3) is 11.8 Å². The van der Waals surface area contributed by atoms with E-state index in [9.17, 15) is 9.59 Å². The van der Waals surface area contributed by atoms with Crippen molar-refractivity contribution >= 4 is 41.8 Å². The lowest BCUT2D eigenvalue weighted by Gasteiger charge is -2.12. The lowest BCUT2D eigenvalue weighted by molar-refractivity contribution is 0.0827. The number of aryl methyl sites for hydroxylation is 1. The van der Waals surface area contributed by atoms with Gasteiger partial charge in [0.2, 0.25) is 0 Å². The highest BCUT2D eigenvalue weighted by Crippen LogP contribution is 2.08. The van der Waals surface area contributed by atoms with Gasteiger partial charge in [0.1, 0.15) is 0 Å². The lowest BCUT2D eigenvalue weighted by Crippen LogP contribution is -2.38. The Morgan fingerprint density at radius 3 is 2.29 bits per heavy atom. The molecule has 0 atom stereocenters. The molecule has 2 amide bonds. The van der Waals surface area contributed by atoms with Gasteiger partial charge in [0, 0.05) is 44.9 Å². The van der Waals surface area contributed by atoms with Gasteiger partial charge in [-0.2, -0.15) is 0 Å². The summed E-state index contributed by atoms with van der Waals surface area (Å²) in [5.74, 6) is 0.846. The number of carbonyl (C=O) groups is 2. The molecule has 0 saturated carbocycles. The van der Waals surface area contributed by atoms with Crippen molar-refractivity contribution in [3.05, 3.63) is 59.0 Å². The van der Waals surface area contributed by atoms with Crippen LogP contribution in [-0.2, 0) is 6.54 Å².